The van der Waals surface area contributed by atoms with Crippen molar-refractivity contribution < 1.29 is 9.47 Å². The zero-order valence-corrected chi connectivity index (χ0v) is 11.4. The van der Waals surface area contributed by atoms with Crippen molar-refractivity contribution in [3.05, 3.63) is 36.4 Å². The van der Waals surface area contributed by atoms with Crippen LogP contribution in [0, 0.1) is 0 Å². The van der Waals surface area contributed by atoms with Gasteiger partial charge in [0.2, 0.25) is 0 Å². The molecule has 0 saturated carbocycles. The predicted octanol–water partition coefficient (Wildman–Crippen LogP) is 2.58. The zero-order chi connectivity index (χ0) is 13.4. The highest BCUT2D eigenvalue weighted by molar-refractivity contribution is 5.80. The molecule has 20 heavy (non-hydrogen) atoms. The van der Waals surface area contributed by atoms with E-state index in [9.17, 15) is 0 Å². The van der Waals surface area contributed by atoms with Gasteiger partial charge in [0, 0.05) is 31.3 Å². The van der Waals surface area contributed by atoms with Crippen molar-refractivity contribution in [2.24, 2.45) is 0 Å². The SMILES string of the molecule is c1ccc2nc(N3CCC4(CC3)OCCO4)ccc2c1. The Morgan fingerprint density at radius 2 is 1.70 bits per heavy atom. The second-order valence-electron chi connectivity index (χ2n) is 5.46. The van der Waals surface area contributed by atoms with E-state index < -0.39 is 0 Å². The van der Waals surface area contributed by atoms with Gasteiger partial charge in [-0.15, -0.1) is 0 Å². The summed E-state index contributed by atoms with van der Waals surface area (Å²) >= 11 is 0. The number of hydrogen-bond acceptors (Lipinski definition) is 4. The van der Waals surface area contributed by atoms with Crippen LogP contribution in [-0.4, -0.2) is 37.1 Å². The summed E-state index contributed by atoms with van der Waals surface area (Å²) in [6.07, 6.45) is 1.84. The highest BCUT2D eigenvalue weighted by Gasteiger charge is 2.39. The van der Waals surface area contributed by atoms with Gasteiger partial charge in [0.15, 0.2) is 5.79 Å². The van der Waals surface area contributed by atoms with Crippen molar-refractivity contribution in [3.8, 4) is 0 Å². The van der Waals surface area contributed by atoms with E-state index >= 15 is 0 Å². The molecule has 0 N–H and O–H groups in total. The Labute approximate surface area is 118 Å². The summed E-state index contributed by atoms with van der Waals surface area (Å²) < 4.78 is 11.5. The maximum Gasteiger partial charge on any atom is 0.171 e. The summed E-state index contributed by atoms with van der Waals surface area (Å²) in [6, 6.07) is 12.5. The number of para-hydroxylation sites is 1. The second kappa shape index (κ2) is 4.72. The monoisotopic (exact) mass is 270 g/mol. The number of fused-ring (bicyclic) bond motifs is 1. The molecule has 2 saturated heterocycles. The number of piperidine rings is 1. The third-order valence-electron chi connectivity index (χ3n) is 4.25. The Hall–Kier alpha value is -1.65. The average Bonchev–Trinajstić information content (AvgIpc) is 2.96. The second-order valence-corrected chi connectivity index (χ2v) is 5.46. The molecule has 4 rings (SSSR count). The molecule has 0 aliphatic carbocycles. The maximum atomic E-state index is 5.77. The molecule has 0 atom stereocenters. The first-order chi connectivity index (χ1) is 9.85. The van der Waals surface area contributed by atoms with Crippen LogP contribution in [0.4, 0.5) is 5.82 Å². The molecule has 2 aromatic rings. The fraction of sp³-hybridized carbons (Fsp3) is 0.438. The number of anilines is 1. The Kier molecular flexibility index (Phi) is 2.86. The maximum absolute atomic E-state index is 5.77. The van der Waals surface area contributed by atoms with Gasteiger partial charge in [-0.05, 0) is 18.2 Å². The first-order valence-electron chi connectivity index (χ1n) is 7.23. The molecule has 4 nitrogen and oxygen atoms in total. The fourth-order valence-electron chi connectivity index (χ4n) is 3.09. The largest absolute Gasteiger partial charge is 0.356 e. The highest BCUT2D eigenvalue weighted by Crippen LogP contribution is 2.33. The summed E-state index contributed by atoms with van der Waals surface area (Å²) in [5.41, 5.74) is 1.05. The third-order valence-corrected chi connectivity index (χ3v) is 4.25. The van der Waals surface area contributed by atoms with E-state index in [-0.39, 0.29) is 5.79 Å². The Balaban J connectivity index is 1.55. The molecule has 2 aliphatic heterocycles. The van der Waals surface area contributed by atoms with Gasteiger partial charge in [-0.1, -0.05) is 18.2 Å². The number of rotatable bonds is 1. The van der Waals surface area contributed by atoms with Gasteiger partial charge in [-0.3, -0.25) is 0 Å². The summed E-state index contributed by atoms with van der Waals surface area (Å²) in [4.78, 5) is 7.08. The smallest absolute Gasteiger partial charge is 0.171 e. The molecule has 0 bridgehead atoms. The quantitative estimate of drug-likeness (QED) is 0.797. The fourth-order valence-corrected chi connectivity index (χ4v) is 3.09. The lowest BCUT2D eigenvalue weighted by Crippen LogP contribution is -2.45. The number of pyridine rings is 1. The average molecular weight is 270 g/mol. The van der Waals surface area contributed by atoms with Crippen LogP contribution in [0.3, 0.4) is 0 Å². The molecule has 1 spiro atoms. The molecule has 0 unspecified atom stereocenters. The van der Waals surface area contributed by atoms with E-state index in [1.54, 1.807) is 0 Å². The molecular formula is C16H18N2O2. The number of hydrogen-bond donors (Lipinski definition) is 0. The van der Waals surface area contributed by atoms with Crippen molar-refractivity contribution in [3.63, 3.8) is 0 Å². The molecule has 3 heterocycles. The molecule has 1 aromatic heterocycles. The third kappa shape index (κ3) is 2.05. The van der Waals surface area contributed by atoms with Crippen molar-refractivity contribution in [2.75, 3.05) is 31.2 Å². The van der Waals surface area contributed by atoms with Crippen LogP contribution < -0.4 is 4.90 Å². The number of aromatic nitrogens is 1. The first kappa shape index (κ1) is 12.1. The first-order valence-corrected chi connectivity index (χ1v) is 7.23. The van der Waals surface area contributed by atoms with Gasteiger partial charge >= 0.3 is 0 Å². The lowest BCUT2D eigenvalue weighted by molar-refractivity contribution is -0.169. The molecule has 2 aliphatic rings. The topological polar surface area (TPSA) is 34.6 Å². The van der Waals surface area contributed by atoms with Crippen molar-refractivity contribution in [2.45, 2.75) is 18.6 Å². The van der Waals surface area contributed by atoms with E-state index in [0.29, 0.717) is 0 Å². The predicted molar refractivity (Wildman–Crippen MR) is 77.8 cm³/mol. The normalized spacial score (nSPS) is 21.7. The van der Waals surface area contributed by atoms with E-state index in [0.717, 1.165) is 50.5 Å². The van der Waals surface area contributed by atoms with Gasteiger partial charge in [0.05, 0.1) is 18.7 Å². The van der Waals surface area contributed by atoms with Gasteiger partial charge in [-0.25, -0.2) is 4.98 Å². The molecule has 2 fully saturated rings. The Morgan fingerprint density at radius 3 is 2.50 bits per heavy atom. The van der Waals surface area contributed by atoms with Crippen LogP contribution >= 0.6 is 0 Å². The summed E-state index contributed by atoms with van der Waals surface area (Å²) in [5.74, 6) is 0.740. The van der Waals surface area contributed by atoms with Crippen LogP contribution in [0.15, 0.2) is 36.4 Å². The Morgan fingerprint density at radius 1 is 0.950 bits per heavy atom. The molecular weight excluding hydrogens is 252 g/mol. The molecule has 0 radical (unpaired) electrons. The molecule has 104 valence electrons. The van der Waals surface area contributed by atoms with Crippen LogP contribution in [0.1, 0.15) is 12.8 Å². The van der Waals surface area contributed by atoms with Crippen LogP contribution in [0.5, 0.6) is 0 Å². The molecule has 0 amide bonds. The highest BCUT2D eigenvalue weighted by atomic mass is 16.7. The zero-order valence-electron chi connectivity index (χ0n) is 11.4. The molecule has 1 aromatic carbocycles. The van der Waals surface area contributed by atoms with Crippen molar-refractivity contribution >= 4 is 16.7 Å². The number of benzene rings is 1. The van der Waals surface area contributed by atoms with Gasteiger partial charge in [0.1, 0.15) is 5.82 Å². The van der Waals surface area contributed by atoms with E-state index in [2.05, 4.69) is 29.2 Å². The minimum atomic E-state index is -0.312. The standard InChI is InChI=1S/C16H18N2O2/c1-2-4-14-13(3-1)5-6-15(17-14)18-9-7-16(8-10-18)19-11-12-20-16/h1-6H,7-12H2. The lowest BCUT2D eigenvalue weighted by atomic mass is 10.0. The van der Waals surface area contributed by atoms with Gasteiger partial charge in [0.25, 0.3) is 0 Å². The van der Waals surface area contributed by atoms with Crippen LogP contribution in [0.2, 0.25) is 0 Å². The number of ether oxygens (including phenoxy) is 2. The molecule has 4 heteroatoms. The van der Waals surface area contributed by atoms with E-state index in [1.807, 2.05) is 12.1 Å². The van der Waals surface area contributed by atoms with Crippen LogP contribution in [0.25, 0.3) is 10.9 Å². The van der Waals surface area contributed by atoms with Crippen LogP contribution in [-0.2, 0) is 9.47 Å². The minimum absolute atomic E-state index is 0.312. The minimum Gasteiger partial charge on any atom is -0.356 e. The van der Waals surface area contributed by atoms with E-state index in [4.69, 9.17) is 14.5 Å². The van der Waals surface area contributed by atoms with Gasteiger partial charge < -0.3 is 14.4 Å². The van der Waals surface area contributed by atoms with Crippen molar-refractivity contribution in [1.29, 1.82) is 0 Å². The lowest BCUT2D eigenvalue weighted by Gasteiger charge is -2.38. The van der Waals surface area contributed by atoms with Crippen molar-refractivity contribution in [1.82, 2.24) is 4.98 Å². The Bertz CT molecular complexity index is 613. The van der Waals surface area contributed by atoms with Gasteiger partial charge in [-0.2, -0.15) is 0 Å². The summed E-state index contributed by atoms with van der Waals surface area (Å²) in [5, 5.41) is 1.19. The summed E-state index contributed by atoms with van der Waals surface area (Å²) in [7, 11) is 0. The number of nitrogens with zero attached hydrogens (tertiary/aromatic N) is 2. The van der Waals surface area contributed by atoms with E-state index in [1.165, 1.54) is 5.39 Å². The summed E-state index contributed by atoms with van der Waals surface area (Å²) in [6.45, 7) is 3.33.